The highest BCUT2D eigenvalue weighted by Gasteiger charge is 2.14. The highest BCUT2D eigenvalue weighted by atomic mass is 16.6. The Morgan fingerprint density at radius 1 is 1.08 bits per heavy atom. The molecule has 1 aliphatic carbocycles. The van der Waals surface area contributed by atoms with Gasteiger partial charge in [0.25, 0.3) is 0 Å². The molecule has 1 fully saturated rings. The lowest BCUT2D eigenvalue weighted by molar-refractivity contribution is -0.129. The van der Waals surface area contributed by atoms with E-state index in [1.807, 2.05) is 0 Å². The Balaban J connectivity index is 0.000000261. The molecule has 68 valence electrons. The van der Waals surface area contributed by atoms with Crippen LogP contribution in [0.5, 0.6) is 0 Å². The summed E-state index contributed by atoms with van der Waals surface area (Å²) in [4.78, 5) is 29.5. The van der Waals surface area contributed by atoms with Crippen molar-refractivity contribution in [1.29, 1.82) is 0 Å². The SMILES string of the molecule is O=C(O)O.O=C1CCCC(=O)C1. The maximum absolute atomic E-state index is 10.5. The van der Waals surface area contributed by atoms with E-state index in [9.17, 15) is 9.59 Å². The second-order valence-electron chi connectivity index (χ2n) is 2.39. The third-order valence-corrected chi connectivity index (χ3v) is 1.31. The molecule has 1 aliphatic rings. The summed E-state index contributed by atoms with van der Waals surface area (Å²) < 4.78 is 0. The van der Waals surface area contributed by atoms with Gasteiger partial charge in [0.1, 0.15) is 11.6 Å². The maximum atomic E-state index is 10.5. The normalized spacial score (nSPS) is 16.3. The molecule has 0 atom stereocenters. The smallest absolute Gasteiger partial charge is 0.450 e. The van der Waals surface area contributed by atoms with Crippen molar-refractivity contribution in [2.75, 3.05) is 0 Å². The molecule has 0 aromatic carbocycles. The first kappa shape index (κ1) is 10.6. The van der Waals surface area contributed by atoms with Gasteiger partial charge in [0.2, 0.25) is 0 Å². The van der Waals surface area contributed by atoms with Crippen LogP contribution in [0.4, 0.5) is 4.79 Å². The number of carboxylic acid groups (broad SMARTS) is 2. The lowest BCUT2D eigenvalue weighted by atomic mass is 9.98. The lowest BCUT2D eigenvalue weighted by Gasteiger charge is -2.04. The summed E-state index contributed by atoms with van der Waals surface area (Å²) in [6.07, 6.45) is 0.370. The molecular formula is C7H10O5. The fraction of sp³-hybridized carbons (Fsp3) is 0.571. The number of rotatable bonds is 0. The standard InChI is InChI=1S/C6H8O2.CH2O3/c7-5-2-1-3-6(8)4-5;2-1(3)4/h1-4H2;(H2,2,3,4). The largest absolute Gasteiger partial charge is 0.503 e. The lowest BCUT2D eigenvalue weighted by Crippen LogP contribution is -2.13. The number of ketones is 2. The molecule has 2 N–H and O–H groups in total. The number of hydrogen-bond donors (Lipinski definition) is 2. The van der Waals surface area contributed by atoms with Gasteiger partial charge < -0.3 is 10.2 Å². The molecular weight excluding hydrogens is 164 g/mol. The first-order valence-electron chi connectivity index (χ1n) is 3.47. The Kier molecular flexibility index (Phi) is 4.67. The van der Waals surface area contributed by atoms with E-state index in [1.54, 1.807) is 0 Å². The van der Waals surface area contributed by atoms with Crippen molar-refractivity contribution in [3.63, 3.8) is 0 Å². The topological polar surface area (TPSA) is 91.7 Å². The molecule has 1 saturated carbocycles. The Hall–Kier alpha value is -1.39. The van der Waals surface area contributed by atoms with E-state index in [1.165, 1.54) is 0 Å². The van der Waals surface area contributed by atoms with Gasteiger partial charge in [0, 0.05) is 12.8 Å². The van der Waals surface area contributed by atoms with Gasteiger partial charge >= 0.3 is 6.16 Å². The molecule has 0 unspecified atom stereocenters. The number of carbonyl (C=O) groups is 3. The van der Waals surface area contributed by atoms with Gasteiger partial charge in [0.15, 0.2) is 0 Å². The van der Waals surface area contributed by atoms with Crippen LogP contribution in [0.2, 0.25) is 0 Å². The number of hydrogen-bond acceptors (Lipinski definition) is 3. The quantitative estimate of drug-likeness (QED) is 0.533. The van der Waals surface area contributed by atoms with Gasteiger partial charge in [-0.1, -0.05) is 0 Å². The average Bonchev–Trinajstić information content (AvgIpc) is 1.84. The monoisotopic (exact) mass is 174 g/mol. The van der Waals surface area contributed by atoms with Gasteiger partial charge in [-0.15, -0.1) is 0 Å². The predicted molar refractivity (Wildman–Crippen MR) is 39.1 cm³/mol. The van der Waals surface area contributed by atoms with E-state index in [-0.39, 0.29) is 18.0 Å². The third kappa shape index (κ3) is 6.73. The summed E-state index contributed by atoms with van der Waals surface area (Å²) in [6.45, 7) is 0. The van der Waals surface area contributed by atoms with E-state index < -0.39 is 6.16 Å². The van der Waals surface area contributed by atoms with Crippen LogP contribution in [0, 0.1) is 0 Å². The number of carbonyl (C=O) groups excluding carboxylic acids is 2. The summed E-state index contributed by atoms with van der Waals surface area (Å²) in [5, 5.41) is 13.9. The van der Waals surface area contributed by atoms with Gasteiger partial charge in [-0.25, -0.2) is 4.79 Å². The average molecular weight is 174 g/mol. The zero-order valence-electron chi connectivity index (χ0n) is 6.45. The zero-order valence-corrected chi connectivity index (χ0v) is 6.45. The third-order valence-electron chi connectivity index (χ3n) is 1.31. The molecule has 1 rings (SSSR count). The summed E-state index contributed by atoms with van der Waals surface area (Å²) in [6, 6.07) is 0. The molecule has 0 saturated heterocycles. The molecule has 0 aromatic rings. The Labute approximate surface area is 69.0 Å². The fourth-order valence-corrected chi connectivity index (χ4v) is 0.879. The molecule has 0 aliphatic heterocycles. The highest BCUT2D eigenvalue weighted by Crippen LogP contribution is 2.09. The van der Waals surface area contributed by atoms with E-state index in [0.717, 1.165) is 6.42 Å². The van der Waals surface area contributed by atoms with Crippen molar-refractivity contribution in [2.24, 2.45) is 0 Å². The zero-order chi connectivity index (χ0) is 9.56. The summed E-state index contributed by atoms with van der Waals surface area (Å²) >= 11 is 0. The van der Waals surface area contributed by atoms with Crippen LogP contribution in [-0.2, 0) is 9.59 Å². The van der Waals surface area contributed by atoms with E-state index >= 15 is 0 Å². The molecule has 0 aromatic heterocycles. The minimum absolute atomic E-state index is 0.112. The van der Waals surface area contributed by atoms with E-state index in [0.29, 0.717) is 12.8 Å². The second-order valence-corrected chi connectivity index (χ2v) is 2.39. The van der Waals surface area contributed by atoms with Crippen molar-refractivity contribution >= 4 is 17.7 Å². The molecule has 5 nitrogen and oxygen atoms in total. The fourth-order valence-electron chi connectivity index (χ4n) is 0.879. The molecule has 0 bridgehead atoms. The van der Waals surface area contributed by atoms with Gasteiger partial charge in [-0.05, 0) is 6.42 Å². The highest BCUT2D eigenvalue weighted by molar-refractivity contribution is 6.01. The van der Waals surface area contributed by atoms with Crippen LogP contribution in [-0.4, -0.2) is 27.9 Å². The van der Waals surface area contributed by atoms with Gasteiger partial charge in [-0.3, -0.25) is 9.59 Å². The van der Waals surface area contributed by atoms with Crippen molar-refractivity contribution in [1.82, 2.24) is 0 Å². The Morgan fingerprint density at radius 2 is 1.42 bits per heavy atom. The predicted octanol–water partition coefficient (Wildman–Crippen LogP) is 0.921. The minimum Gasteiger partial charge on any atom is -0.450 e. The number of Topliss-reactive ketones (excluding diaryl/α,β-unsaturated/α-hetero) is 2. The van der Waals surface area contributed by atoms with Gasteiger partial charge in [0.05, 0.1) is 6.42 Å². The van der Waals surface area contributed by atoms with Crippen molar-refractivity contribution in [3.8, 4) is 0 Å². The molecule has 0 radical (unpaired) electrons. The summed E-state index contributed by atoms with van der Waals surface area (Å²) in [5.74, 6) is 0.225. The van der Waals surface area contributed by atoms with Crippen molar-refractivity contribution in [2.45, 2.75) is 25.7 Å². The van der Waals surface area contributed by atoms with Crippen molar-refractivity contribution < 1.29 is 24.6 Å². The molecule has 12 heavy (non-hydrogen) atoms. The first-order chi connectivity index (χ1) is 5.52. The van der Waals surface area contributed by atoms with Crippen LogP contribution < -0.4 is 0 Å². The Morgan fingerprint density at radius 3 is 1.58 bits per heavy atom. The second kappa shape index (κ2) is 5.29. The van der Waals surface area contributed by atoms with E-state index in [4.69, 9.17) is 15.0 Å². The molecule has 0 amide bonds. The molecule has 5 heteroatoms. The van der Waals surface area contributed by atoms with Crippen LogP contribution in [0.3, 0.4) is 0 Å². The van der Waals surface area contributed by atoms with Gasteiger partial charge in [-0.2, -0.15) is 0 Å². The first-order valence-corrected chi connectivity index (χ1v) is 3.47. The maximum Gasteiger partial charge on any atom is 0.503 e. The molecule has 0 heterocycles. The Bertz CT molecular complexity index is 178. The van der Waals surface area contributed by atoms with Crippen LogP contribution in [0.25, 0.3) is 0 Å². The summed E-state index contributed by atoms with van der Waals surface area (Å²) in [7, 11) is 0. The van der Waals surface area contributed by atoms with Crippen LogP contribution >= 0.6 is 0 Å². The summed E-state index contributed by atoms with van der Waals surface area (Å²) in [5.41, 5.74) is 0. The molecule has 0 spiro atoms. The minimum atomic E-state index is -1.83. The van der Waals surface area contributed by atoms with Crippen LogP contribution in [0.1, 0.15) is 25.7 Å². The van der Waals surface area contributed by atoms with E-state index in [2.05, 4.69) is 0 Å². The van der Waals surface area contributed by atoms with Crippen LogP contribution in [0.15, 0.2) is 0 Å². The van der Waals surface area contributed by atoms with Crippen molar-refractivity contribution in [3.05, 3.63) is 0 Å².